The van der Waals surface area contributed by atoms with E-state index in [1.165, 1.54) is 18.9 Å². The van der Waals surface area contributed by atoms with Crippen LogP contribution in [0, 0.1) is 0 Å². The standard InChI is InChI=1S/C21H18O3S/c1-23-21(22)20(25-19-13-6-3-7-14-19)16-9-8-12-18(15-16)24-17-10-4-2-5-11-17/h2-15,20H,1H3. The number of esters is 1. The summed E-state index contributed by atoms with van der Waals surface area (Å²) < 4.78 is 10.9. The molecule has 0 bridgehead atoms. The van der Waals surface area contributed by atoms with Crippen molar-refractivity contribution in [3.8, 4) is 11.5 Å². The Morgan fingerprint density at radius 2 is 1.48 bits per heavy atom. The van der Waals surface area contributed by atoms with Crippen molar-refractivity contribution >= 4 is 17.7 Å². The fourth-order valence-corrected chi connectivity index (χ4v) is 3.42. The summed E-state index contributed by atoms with van der Waals surface area (Å²) in [7, 11) is 1.41. The molecule has 0 aromatic heterocycles. The zero-order valence-electron chi connectivity index (χ0n) is 13.8. The molecule has 0 amide bonds. The lowest BCUT2D eigenvalue weighted by Crippen LogP contribution is -2.11. The molecule has 1 atom stereocenters. The van der Waals surface area contributed by atoms with Gasteiger partial charge in [0.25, 0.3) is 0 Å². The fraction of sp³-hybridized carbons (Fsp3) is 0.0952. The lowest BCUT2D eigenvalue weighted by molar-refractivity contribution is -0.140. The van der Waals surface area contributed by atoms with Crippen LogP contribution in [-0.4, -0.2) is 13.1 Å². The highest BCUT2D eigenvalue weighted by Crippen LogP contribution is 2.37. The molecule has 126 valence electrons. The van der Waals surface area contributed by atoms with E-state index in [0.29, 0.717) is 5.75 Å². The molecular formula is C21H18O3S. The maximum Gasteiger partial charge on any atom is 0.323 e. The number of carbonyl (C=O) groups is 1. The predicted octanol–water partition coefficient (Wildman–Crippen LogP) is 5.49. The molecule has 4 heteroatoms. The fourth-order valence-electron chi connectivity index (χ4n) is 2.36. The van der Waals surface area contributed by atoms with Crippen molar-refractivity contribution in [2.45, 2.75) is 10.1 Å². The minimum absolute atomic E-state index is 0.286. The van der Waals surface area contributed by atoms with E-state index in [-0.39, 0.29) is 5.97 Å². The molecule has 0 fully saturated rings. The van der Waals surface area contributed by atoms with E-state index in [1.807, 2.05) is 84.9 Å². The summed E-state index contributed by atoms with van der Waals surface area (Å²) in [6.07, 6.45) is 0. The summed E-state index contributed by atoms with van der Waals surface area (Å²) in [6, 6.07) is 26.9. The summed E-state index contributed by atoms with van der Waals surface area (Å²) in [6.45, 7) is 0. The van der Waals surface area contributed by atoms with Crippen molar-refractivity contribution in [1.82, 2.24) is 0 Å². The molecule has 3 aromatic carbocycles. The summed E-state index contributed by atoms with van der Waals surface area (Å²) in [5.41, 5.74) is 0.842. The lowest BCUT2D eigenvalue weighted by Gasteiger charge is -2.16. The molecule has 3 aromatic rings. The molecule has 0 spiro atoms. The van der Waals surface area contributed by atoms with Gasteiger partial charge >= 0.3 is 5.97 Å². The van der Waals surface area contributed by atoms with Crippen LogP contribution in [0.2, 0.25) is 0 Å². The first kappa shape index (κ1) is 17.1. The average Bonchev–Trinajstić information content (AvgIpc) is 2.67. The second-order valence-electron chi connectivity index (χ2n) is 5.32. The highest BCUT2D eigenvalue weighted by atomic mass is 32.2. The van der Waals surface area contributed by atoms with Gasteiger partial charge in [0, 0.05) is 4.90 Å². The Kier molecular flexibility index (Phi) is 5.75. The van der Waals surface area contributed by atoms with E-state index >= 15 is 0 Å². The molecule has 0 aliphatic rings. The molecule has 0 saturated heterocycles. The van der Waals surface area contributed by atoms with Gasteiger partial charge in [0.15, 0.2) is 0 Å². The molecule has 0 aliphatic heterocycles. The molecular weight excluding hydrogens is 332 g/mol. The van der Waals surface area contributed by atoms with Crippen LogP contribution < -0.4 is 4.74 Å². The van der Waals surface area contributed by atoms with Gasteiger partial charge < -0.3 is 9.47 Å². The third kappa shape index (κ3) is 4.64. The Hall–Kier alpha value is -2.72. The third-order valence-electron chi connectivity index (χ3n) is 3.55. The molecule has 0 heterocycles. The van der Waals surface area contributed by atoms with Gasteiger partial charge in [-0.25, -0.2) is 0 Å². The molecule has 0 saturated carbocycles. The Morgan fingerprint density at radius 1 is 0.840 bits per heavy atom. The Bertz CT molecular complexity index is 819. The van der Waals surface area contributed by atoms with Gasteiger partial charge in [-0.2, -0.15) is 0 Å². The van der Waals surface area contributed by atoms with E-state index in [0.717, 1.165) is 16.2 Å². The van der Waals surface area contributed by atoms with Crippen LogP contribution in [0.4, 0.5) is 0 Å². The van der Waals surface area contributed by atoms with Gasteiger partial charge in [-0.3, -0.25) is 4.79 Å². The zero-order valence-corrected chi connectivity index (χ0v) is 14.6. The van der Waals surface area contributed by atoms with Gasteiger partial charge in [0.1, 0.15) is 16.7 Å². The highest BCUT2D eigenvalue weighted by molar-refractivity contribution is 8.00. The smallest absolute Gasteiger partial charge is 0.323 e. The molecule has 3 rings (SSSR count). The number of thioether (sulfide) groups is 1. The van der Waals surface area contributed by atoms with Crippen molar-refractivity contribution in [2.24, 2.45) is 0 Å². The van der Waals surface area contributed by atoms with Crippen LogP contribution in [0.1, 0.15) is 10.8 Å². The van der Waals surface area contributed by atoms with Gasteiger partial charge in [0.05, 0.1) is 7.11 Å². The number of hydrogen-bond donors (Lipinski definition) is 0. The van der Waals surface area contributed by atoms with Crippen molar-refractivity contribution < 1.29 is 14.3 Å². The van der Waals surface area contributed by atoms with E-state index in [2.05, 4.69) is 0 Å². The third-order valence-corrected chi connectivity index (χ3v) is 4.80. The molecule has 0 aliphatic carbocycles. The molecule has 0 N–H and O–H groups in total. The molecule has 3 nitrogen and oxygen atoms in total. The second kappa shape index (κ2) is 8.40. The van der Waals surface area contributed by atoms with Crippen molar-refractivity contribution in [3.63, 3.8) is 0 Å². The Balaban J connectivity index is 1.85. The van der Waals surface area contributed by atoms with Gasteiger partial charge in [-0.1, -0.05) is 48.5 Å². The number of para-hydroxylation sites is 1. The first-order valence-corrected chi connectivity index (χ1v) is 8.76. The maximum atomic E-state index is 12.3. The maximum absolute atomic E-state index is 12.3. The first-order valence-electron chi connectivity index (χ1n) is 7.88. The van der Waals surface area contributed by atoms with Gasteiger partial charge in [-0.15, -0.1) is 11.8 Å². The summed E-state index contributed by atoms with van der Waals surface area (Å²) in [4.78, 5) is 13.3. The zero-order chi connectivity index (χ0) is 17.5. The lowest BCUT2D eigenvalue weighted by atomic mass is 10.1. The van der Waals surface area contributed by atoms with Crippen LogP contribution in [0.25, 0.3) is 0 Å². The quantitative estimate of drug-likeness (QED) is 0.435. The summed E-state index contributed by atoms with van der Waals surface area (Å²) >= 11 is 1.46. The molecule has 1 unspecified atom stereocenters. The van der Waals surface area contributed by atoms with E-state index in [9.17, 15) is 4.79 Å². The largest absolute Gasteiger partial charge is 0.468 e. The Morgan fingerprint density at radius 3 is 2.16 bits per heavy atom. The number of methoxy groups -OCH3 is 1. The van der Waals surface area contributed by atoms with Crippen molar-refractivity contribution in [3.05, 3.63) is 90.5 Å². The SMILES string of the molecule is COC(=O)C(Sc1ccccc1)c1cccc(Oc2ccccc2)c1. The average molecular weight is 350 g/mol. The monoisotopic (exact) mass is 350 g/mol. The second-order valence-corrected chi connectivity index (χ2v) is 6.50. The van der Waals surface area contributed by atoms with Crippen LogP contribution in [0.5, 0.6) is 11.5 Å². The topological polar surface area (TPSA) is 35.5 Å². The van der Waals surface area contributed by atoms with Crippen LogP contribution in [0.15, 0.2) is 89.8 Å². The van der Waals surface area contributed by atoms with Gasteiger partial charge in [0.2, 0.25) is 0 Å². The van der Waals surface area contributed by atoms with Crippen LogP contribution in [0.3, 0.4) is 0 Å². The summed E-state index contributed by atoms with van der Waals surface area (Å²) in [5, 5.41) is -0.452. The van der Waals surface area contributed by atoms with E-state index in [4.69, 9.17) is 9.47 Å². The number of hydrogen-bond acceptors (Lipinski definition) is 4. The van der Waals surface area contributed by atoms with Crippen molar-refractivity contribution in [2.75, 3.05) is 7.11 Å². The van der Waals surface area contributed by atoms with Crippen LogP contribution in [-0.2, 0) is 9.53 Å². The number of benzene rings is 3. The number of carbonyl (C=O) groups excluding carboxylic acids is 1. The number of rotatable bonds is 6. The van der Waals surface area contributed by atoms with Crippen LogP contribution >= 0.6 is 11.8 Å². The first-order chi connectivity index (χ1) is 12.3. The molecule has 25 heavy (non-hydrogen) atoms. The highest BCUT2D eigenvalue weighted by Gasteiger charge is 2.23. The Labute approximate surface area is 151 Å². The molecule has 0 radical (unpaired) electrons. The van der Waals surface area contributed by atoms with Crippen molar-refractivity contribution in [1.29, 1.82) is 0 Å². The van der Waals surface area contributed by atoms with E-state index in [1.54, 1.807) is 0 Å². The predicted molar refractivity (Wildman–Crippen MR) is 100 cm³/mol. The van der Waals surface area contributed by atoms with Gasteiger partial charge in [-0.05, 0) is 42.0 Å². The number of ether oxygens (including phenoxy) is 2. The summed E-state index contributed by atoms with van der Waals surface area (Å²) in [5.74, 6) is 1.15. The van der Waals surface area contributed by atoms with E-state index < -0.39 is 5.25 Å². The minimum Gasteiger partial charge on any atom is -0.468 e. The normalized spacial score (nSPS) is 11.6. The minimum atomic E-state index is -0.452.